The van der Waals surface area contributed by atoms with Gasteiger partial charge in [0, 0.05) is 13.0 Å². The van der Waals surface area contributed by atoms with Crippen LogP contribution in [0.15, 0.2) is 6.33 Å². The van der Waals surface area contributed by atoms with Gasteiger partial charge in [-0.05, 0) is 37.0 Å². The van der Waals surface area contributed by atoms with Crippen LogP contribution < -0.4 is 0 Å². The molecular weight excluding hydrogens is 254 g/mol. The molecule has 2 atom stereocenters. The molecule has 0 bridgehead atoms. The van der Waals surface area contributed by atoms with Crippen LogP contribution in [-0.2, 0) is 17.8 Å². The molecule has 5 heteroatoms. The Morgan fingerprint density at radius 3 is 2.95 bits per heavy atom. The fourth-order valence-corrected chi connectivity index (χ4v) is 3.35. The van der Waals surface area contributed by atoms with Crippen molar-refractivity contribution in [3.8, 4) is 0 Å². The molecule has 1 aromatic rings. The summed E-state index contributed by atoms with van der Waals surface area (Å²) in [6, 6.07) is 0. The van der Waals surface area contributed by atoms with Crippen molar-refractivity contribution in [1.29, 1.82) is 0 Å². The first-order valence-corrected chi connectivity index (χ1v) is 7.52. The maximum Gasteiger partial charge on any atom is 0.306 e. The van der Waals surface area contributed by atoms with Gasteiger partial charge in [0.1, 0.15) is 12.2 Å². The van der Waals surface area contributed by atoms with Gasteiger partial charge < -0.3 is 5.11 Å². The van der Waals surface area contributed by atoms with E-state index in [0.29, 0.717) is 0 Å². The number of rotatable bonds is 5. The minimum absolute atomic E-state index is 0.163. The number of hydrogen-bond acceptors (Lipinski definition) is 3. The average molecular weight is 279 g/mol. The van der Waals surface area contributed by atoms with E-state index in [0.717, 1.165) is 44.5 Å². The van der Waals surface area contributed by atoms with Crippen molar-refractivity contribution in [2.75, 3.05) is 0 Å². The Hall–Kier alpha value is -1.39. The van der Waals surface area contributed by atoms with Crippen LogP contribution in [0.2, 0.25) is 0 Å². The highest BCUT2D eigenvalue weighted by atomic mass is 16.4. The Morgan fingerprint density at radius 2 is 2.30 bits per heavy atom. The molecule has 1 aliphatic carbocycles. The quantitative estimate of drug-likeness (QED) is 0.900. The molecule has 0 spiro atoms. The molecule has 1 heterocycles. The third-order valence-corrected chi connectivity index (χ3v) is 4.41. The molecule has 112 valence electrons. The predicted octanol–water partition coefficient (Wildman–Crippen LogP) is 2.76. The van der Waals surface area contributed by atoms with E-state index in [1.54, 1.807) is 6.33 Å². The van der Waals surface area contributed by atoms with Crippen LogP contribution in [0, 0.1) is 17.3 Å². The molecule has 20 heavy (non-hydrogen) atoms. The molecule has 0 aromatic carbocycles. The number of carboxylic acids is 1. The van der Waals surface area contributed by atoms with Crippen molar-refractivity contribution in [1.82, 2.24) is 14.8 Å². The molecular formula is C15H25N3O2. The SMILES string of the molecule is CCCn1ncnc1CC1CC(C)(C)CCC1C(=O)O. The molecule has 1 N–H and O–H groups in total. The van der Waals surface area contributed by atoms with E-state index >= 15 is 0 Å². The third kappa shape index (κ3) is 3.38. The minimum Gasteiger partial charge on any atom is -0.481 e. The molecule has 0 aliphatic heterocycles. The van der Waals surface area contributed by atoms with Gasteiger partial charge in [-0.2, -0.15) is 5.10 Å². The summed E-state index contributed by atoms with van der Waals surface area (Å²) >= 11 is 0. The van der Waals surface area contributed by atoms with Gasteiger partial charge in [-0.25, -0.2) is 4.98 Å². The molecule has 0 radical (unpaired) electrons. The van der Waals surface area contributed by atoms with Crippen molar-refractivity contribution < 1.29 is 9.90 Å². The van der Waals surface area contributed by atoms with Crippen molar-refractivity contribution in [2.45, 2.75) is 59.4 Å². The Bertz CT molecular complexity index is 467. The van der Waals surface area contributed by atoms with Gasteiger partial charge in [-0.1, -0.05) is 20.8 Å². The molecule has 2 unspecified atom stereocenters. The summed E-state index contributed by atoms with van der Waals surface area (Å²) in [5.74, 6) is 0.193. The van der Waals surface area contributed by atoms with Crippen LogP contribution >= 0.6 is 0 Å². The molecule has 0 saturated heterocycles. The highest BCUT2D eigenvalue weighted by Gasteiger charge is 2.39. The van der Waals surface area contributed by atoms with Crippen molar-refractivity contribution >= 4 is 5.97 Å². The largest absolute Gasteiger partial charge is 0.481 e. The molecule has 2 rings (SSSR count). The lowest BCUT2D eigenvalue weighted by atomic mass is 9.66. The summed E-state index contributed by atoms with van der Waals surface area (Å²) in [4.78, 5) is 15.8. The first kappa shape index (κ1) is 15.0. The molecule has 1 fully saturated rings. The number of aliphatic carboxylic acids is 1. The maximum atomic E-state index is 11.5. The molecule has 1 aromatic heterocycles. The standard InChI is InChI=1S/C15H25N3O2/c1-4-7-18-13(16-10-17-18)8-11-9-15(2,3)6-5-12(11)14(19)20/h10-12H,4-9H2,1-3H3,(H,19,20). The first-order valence-electron chi connectivity index (χ1n) is 7.52. The van der Waals surface area contributed by atoms with E-state index in [2.05, 4.69) is 30.9 Å². The topological polar surface area (TPSA) is 68.0 Å². The van der Waals surface area contributed by atoms with Crippen LogP contribution in [0.4, 0.5) is 0 Å². The normalized spacial score (nSPS) is 25.6. The van der Waals surface area contributed by atoms with E-state index in [9.17, 15) is 9.90 Å². The summed E-state index contributed by atoms with van der Waals surface area (Å²) in [5, 5.41) is 13.7. The Labute approximate surface area is 120 Å². The Kier molecular flexibility index (Phi) is 4.45. The molecule has 5 nitrogen and oxygen atoms in total. The van der Waals surface area contributed by atoms with Gasteiger partial charge in [-0.15, -0.1) is 0 Å². The predicted molar refractivity (Wildman–Crippen MR) is 76.3 cm³/mol. The zero-order chi connectivity index (χ0) is 14.8. The monoisotopic (exact) mass is 279 g/mol. The van der Waals surface area contributed by atoms with E-state index in [-0.39, 0.29) is 17.3 Å². The van der Waals surface area contributed by atoms with Crippen LogP contribution in [0.3, 0.4) is 0 Å². The number of hydrogen-bond donors (Lipinski definition) is 1. The minimum atomic E-state index is -0.660. The summed E-state index contributed by atoms with van der Waals surface area (Å²) in [5.41, 5.74) is 0.228. The van der Waals surface area contributed by atoms with Crippen molar-refractivity contribution in [3.63, 3.8) is 0 Å². The van der Waals surface area contributed by atoms with Gasteiger partial charge in [0.2, 0.25) is 0 Å². The van der Waals surface area contributed by atoms with Crippen LogP contribution in [0.5, 0.6) is 0 Å². The molecule has 0 amide bonds. The second-order valence-corrected chi connectivity index (χ2v) is 6.72. The van der Waals surface area contributed by atoms with E-state index in [1.807, 2.05) is 4.68 Å². The van der Waals surface area contributed by atoms with Gasteiger partial charge in [-0.3, -0.25) is 9.48 Å². The summed E-state index contributed by atoms with van der Waals surface area (Å²) < 4.78 is 1.92. The smallest absolute Gasteiger partial charge is 0.306 e. The molecule has 1 aliphatic rings. The van der Waals surface area contributed by atoms with Crippen LogP contribution in [0.1, 0.15) is 52.3 Å². The number of aromatic nitrogens is 3. The fourth-order valence-electron chi connectivity index (χ4n) is 3.35. The maximum absolute atomic E-state index is 11.5. The van der Waals surface area contributed by atoms with Crippen LogP contribution in [-0.4, -0.2) is 25.8 Å². The Morgan fingerprint density at radius 1 is 1.55 bits per heavy atom. The fraction of sp³-hybridized carbons (Fsp3) is 0.800. The van der Waals surface area contributed by atoms with E-state index in [1.165, 1.54) is 0 Å². The number of aryl methyl sites for hydroxylation is 1. The zero-order valence-corrected chi connectivity index (χ0v) is 12.7. The summed E-state index contributed by atoms with van der Waals surface area (Å²) in [6.07, 6.45) is 6.02. The van der Waals surface area contributed by atoms with Gasteiger partial charge in [0.05, 0.1) is 5.92 Å². The van der Waals surface area contributed by atoms with Crippen molar-refractivity contribution in [3.05, 3.63) is 12.2 Å². The highest BCUT2D eigenvalue weighted by molar-refractivity contribution is 5.70. The van der Waals surface area contributed by atoms with Gasteiger partial charge in [0.25, 0.3) is 0 Å². The molecule has 1 saturated carbocycles. The van der Waals surface area contributed by atoms with Crippen LogP contribution in [0.25, 0.3) is 0 Å². The number of carboxylic acid groups (broad SMARTS) is 1. The lowest BCUT2D eigenvalue weighted by Gasteiger charge is -2.38. The third-order valence-electron chi connectivity index (χ3n) is 4.41. The number of nitrogens with zero attached hydrogens (tertiary/aromatic N) is 3. The first-order chi connectivity index (χ1) is 9.43. The lowest BCUT2D eigenvalue weighted by Crippen LogP contribution is -2.36. The lowest BCUT2D eigenvalue weighted by molar-refractivity contribution is -0.146. The summed E-state index contributed by atoms with van der Waals surface area (Å²) in [7, 11) is 0. The van der Waals surface area contributed by atoms with Gasteiger partial charge >= 0.3 is 5.97 Å². The van der Waals surface area contributed by atoms with E-state index in [4.69, 9.17) is 0 Å². The zero-order valence-electron chi connectivity index (χ0n) is 12.7. The second-order valence-electron chi connectivity index (χ2n) is 6.72. The number of carbonyl (C=O) groups is 1. The Balaban J connectivity index is 2.14. The second kappa shape index (κ2) is 5.94. The average Bonchev–Trinajstić information content (AvgIpc) is 2.76. The van der Waals surface area contributed by atoms with Gasteiger partial charge in [0.15, 0.2) is 0 Å². The van der Waals surface area contributed by atoms with Crippen molar-refractivity contribution in [2.24, 2.45) is 17.3 Å². The summed E-state index contributed by atoms with van der Waals surface area (Å²) in [6.45, 7) is 7.42. The highest BCUT2D eigenvalue weighted by Crippen LogP contribution is 2.43. The van der Waals surface area contributed by atoms with E-state index < -0.39 is 5.97 Å².